The smallest absolute Gasteiger partial charge is 0.271 e. The van der Waals surface area contributed by atoms with Crippen molar-refractivity contribution < 1.29 is 13.9 Å². The van der Waals surface area contributed by atoms with Gasteiger partial charge in [-0.25, -0.2) is 5.43 Å². The molecule has 0 radical (unpaired) electrons. The van der Waals surface area contributed by atoms with Crippen LogP contribution in [0.2, 0.25) is 10.0 Å². The fourth-order valence-corrected chi connectivity index (χ4v) is 2.60. The average molecular weight is 389 g/mol. The van der Waals surface area contributed by atoms with E-state index in [1.165, 1.54) is 6.21 Å². The zero-order valence-electron chi connectivity index (χ0n) is 13.7. The molecule has 0 saturated heterocycles. The van der Waals surface area contributed by atoms with Gasteiger partial charge in [0.1, 0.15) is 17.3 Å². The molecule has 5 nitrogen and oxygen atoms in total. The van der Waals surface area contributed by atoms with E-state index in [0.29, 0.717) is 32.9 Å². The summed E-state index contributed by atoms with van der Waals surface area (Å²) in [4.78, 5) is 11.9. The Morgan fingerprint density at radius 2 is 1.88 bits per heavy atom. The molecule has 0 unspecified atom stereocenters. The summed E-state index contributed by atoms with van der Waals surface area (Å²) in [6, 6.07) is 15.4. The number of nitrogens with zero attached hydrogens (tertiary/aromatic N) is 1. The van der Waals surface area contributed by atoms with Gasteiger partial charge in [0.2, 0.25) is 0 Å². The normalized spacial score (nSPS) is 10.9. The summed E-state index contributed by atoms with van der Waals surface area (Å²) in [5, 5.41) is 4.95. The summed E-state index contributed by atoms with van der Waals surface area (Å²) in [5.41, 5.74) is 3.69. The van der Waals surface area contributed by atoms with Gasteiger partial charge in [-0.05, 0) is 54.6 Å². The SMILES string of the molecule is COc1ccc(-c2ccc(/C=N/NC(=O)c3ccc(Cl)cc3)o2)cc1Cl. The molecule has 0 aliphatic rings. The number of ether oxygens (including phenoxy) is 1. The van der Waals surface area contributed by atoms with Crippen LogP contribution in [0, 0.1) is 0 Å². The van der Waals surface area contributed by atoms with Crippen LogP contribution in [0.3, 0.4) is 0 Å². The Bertz CT molecular complexity index is 950. The minimum atomic E-state index is -0.341. The molecule has 0 atom stereocenters. The minimum absolute atomic E-state index is 0.341. The lowest BCUT2D eigenvalue weighted by atomic mass is 10.2. The Labute approximate surface area is 160 Å². The molecule has 0 bridgehead atoms. The second kappa shape index (κ2) is 8.08. The number of hydrogen-bond acceptors (Lipinski definition) is 4. The Morgan fingerprint density at radius 1 is 1.12 bits per heavy atom. The topological polar surface area (TPSA) is 63.8 Å². The highest BCUT2D eigenvalue weighted by Gasteiger charge is 2.08. The molecule has 0 saturated carbocycles. The second-order valence-electron chi connectivity index (χ2n) is 5.26. The molecule has 3 rings (SSSR count). The maximum Gasteiger partial charge on any atom is 0.271 e. The number of benzene rings is 2. The number of hydrazone groups is 1. The van der Waals surface area contributed by atoms with Crippen molar-refractivity contribution in [1.82, 2.24) is 5.43 Å². The molecule has 1 amide bonds. The summed E-state index contributed by atoms with van der Waals surface area (Å²) < 4.78 is 10.8. The third-order valence-electron chi connectivity index (χ3n) is 3.53. The minimum Gasteiger partial charge on any atom is -0.495 e. The first-order chi connectivity index (χ1) is 12.6. The predicted octanol–water partition coefficient (Wildman–Crippen LogP) is 5.03. The predicted molar refractivity (Wildman–Crippen MR) is 102 cm³/mol. The van der Waals surface area contributed by atoms with Crippen molar-refractivity contribution in [3.05, 3.63) is 76.0 Å². The van der Waals surface area contributed by atoms with E-state index in [1.807, 2.05) is 6.07 Å². The van der Waals surface area contributed by atoms with Crippen molar-refractivity contribution in [2.45, 2.75) is 0 Å². The Hall–Kier alpha value is -2.76. The largest absolute Gasteiger partial charge is 0.495 e. The lowest BCUT2D eigenvalue weighted by molar-refractivity contribution is 0.0955. The Kier molecular flexibility index (Phi) is 5.61. The van der Waals surface area contributed by atoms with E-state index in [1.54, 1.807) is 55.6 Å². The molecule has 0 spiro atoms. The van der Waals surface area contributed by atoms with Crippen LogP contribution in [0.5, 0.6) is 5.75 Å². The zero-order chi connectivity index (χ0) is 18.5. The summed E-state index contributed by atoms with van der Waals surface area (Å²) in [5.74, 6) is 1.36. The quantitative estimate of drug-likeness (QED) is 0.492. The van der Waals surface area contributed by atoms with Gasteiger partial charge < -0.3 is 9.15 Å². The van der Waals surface area contributed by atoms with E-state index in [0.717, 1.165) is 5.56 Å². The van der Waals surface area contributed by atoms with Crippen molar-refractivity contribution in [2.75, 3.05) is 7.11 Å². The molecule has 2 aromatic carbocycles. The maximum atomic E-state index is 11.9. The summed E-state index contributed by atoms with van der Waals surface area (Å²) in [6.45, 7) is 0. The first kappa shape index (κ1) is 18.0. The number of carbonyl (C=O) groups is 1. The molecule has 1 heterocycles. The molecule has 26 heavy (non-hydrogen) atoms. The zero-order valence-corrected chi connectivity index (χ0v) is 15.2. The van der Waals surface area contributed by atoms with Crippen molar-refractivity contribution >= 4 is 35.3 Å². The summed E-state index contributed by atoms with van der Waals surface area (Å²) >= 11 is 11.9. The van der Waals surface area contributed by atoms with E-state index >= 15 is 0 Å². The summed E-state index contributed by atoms with van der Waals surface area (Å²) in [6.07, 6.45) is 1.42. The number of nitrogens with one attached hydrogen (secondary N) is 1. The number of halogens is 2. The van der Waals surface area contributed by atoms with Gasteiger partial charge in [0, 0.05) is 16.1 Å². The first-order valence-corrected chi connectivity index (χ1v) is 8.35. The van der Waals surface area contributed by atoms with Crippen molar-refractivity contribution in [3.63, 3.8) is 0 Å². The van der Waals surface area contributed by atoms with E-state index < -0.39 is 0 Å². The van der Waals surface area contributed by atoms with E-state index in [2.05, 4.69) is 10.5 Å². The standard InChI is InChI=1S/C19H14Cl2N2O3/c1-25-18-8-4-13(10-16(18)21)17-9-7-15(26-17)11-22-23-19(24)12-2-5-14(20)6-3-12/h2-11H,1H3,(H,23,24)/b22-11+. The van der Waals surface area contributed by atoms with Gasteiger partial charge in [0.25, 0.3) is 5.91 Å². The van der Waals surface area contributed by atoms with Gasteiger partial charge >= 0.3 is 0 Å². The molecular weight excluding hydrogens is 375 g/mol. The second-order valence-corrected chi connectivity index (χ2v) is 6.10. The highest BCUT2D eigenvalue weighted by Crippen LogP contribution is 2.30. The Morgan fingerprint density at radius 3 is 2.58 bits per heavy atom. The highest BCUT2D eigenvalue weighted by atomic mass is 35.5. The fourth-order valence-electron chi connectivity index (χ4n) is 2.22. The van der Waals surface area contributed by atoms with Crippen LogP contribution in [-0.4, -0.2) is 19.2 Å². The summed E-state index contributed by atoms with van der Waals surface area (Å²) in [7, 11) is 1.56. The molecule has 0 aliphatic carbocycles. The van der Waals surface area contributed by atoms with E-state index in [-0.39, 0.29) is 5.91 Å². The molecular formula is C19H14Cl2N2O3. The van der Waals surface area contributed by atoms with Crippen LogP contribution in [0.1, 0.15) is 16.1 Å². The van der Waals surface area contributed by atoms with Crippen LogP contribution < -0.4 is 10.2 Å². The van der Waals surface area contributed by atoms with Gasteiger partial charge in [-0.2, -0.15) is 5.10 Å². The van der Waals surface area contributed by atoms with Gasteiger partial charge in [0.05, 0.1) is 18.3 Å². The monoisotopic (exact) mass is 388 g/mol. The van der Waals surface area contributed by atoms with Crippen LogP contribution in [-0.2, 0) is 0 Å². The number of carbonyl (C=O) groups excluding carboxylic acids is 1. The van der Waals surface area contributed by atoms with Crippen LogP contribution in [0.4, 0.5) is 0 Å². The number of rotatable bonds is 5. The van der Waals surface area contributed by atoms with Crippen LogP contribution >= 0.6 is 23.2 Å². The number of amides is 1. The van der Waals surface area contributed by atoms with Gasteiger partial charge in [-0.1, -0.05) is 23.2 Å². The molecule has 0 fully saturated rings. The van der Waals surface area contributed by atoms with Gasteiger partial charge in [0.15, 0.2) is 0 Å². The average Bonchev–Trinajstić information content (AvgIpc) is 3.11. The highest BCUT2D eigenvalue weighted by molar-refractivity contribution is 6.32. The van der Waals surface area contributed by atoms with Gasteiger partial charge in [-0.3, -0.25) is 4.79 Å². The van der Waals surface area contributed by atoms with Crippen LogP contribution in [0.25, 0.3) is 11.3 Å². The van der Waals surface area contributed by atoms with Gasteiger partial charge in [-0.15, -0.1) is 0 Å². The van der Waals surface area contributed by atoms with Crippen molar-refractivity contribution in [1.29, 1.82) is 0 Å². The Balaban J connectivity index is 1.66. The fraction of sp³-hybridized carbons (Fsp3) is 0.0526. The molecule has 7 heteroatoms. The van der Waals surface area contributed by atoms with E-state index in [4.69, 9.17) is 32.4 Å². The van der Waals surface area contributed by atoms with E-state index in [9.17, 15) is 4.79 Å². The lowest BCUT2D eigenvalue weighted by Gasteiger charge is -2.04. The third-order valence-corrected chi connectivity index (χ3v) is 4.07. The lowest BCUT2D eigenvalue weighted by Crippen LogP contribution is -2.17. The first-order valence-electron chi connectivity index (χ1n) is 7.59. The number of hydrogen-bond donors (Lipinski definition) is 1. The molecule has 132 valence electrons. The molecule has 1 N–H and O–H groups in total. The van der Waals surface area contributed by atoms with Crippen LogP contribution in [0.15, 0.2) is 64.1 Å². The third kappa shape index (κ3) is 4.25. The maximum absolute atomic E-state index is 11.9. The number of furan rings is 1. The molecule has 1 aromatic heterocycles. The molecule has 3 aromatic rings. The van der Waals surface area contributed by atoms with Crippen molar-refractivity contribution in [2.24, 2.45) is 5.10 Å². The van der Waals surface area contributed by atoms with Crippen molar-refractivity contribution in [3.8, 4) is 17.1 Å². The number of methoxy groups -OCH3 is 1. The molecule has 0 aliphatic heterocycles.